The van der Waals surface area contributed by atoms with Gasteiger partial charge < -0.3 is 20.7 Å². The van der Waals surface area contributed by atoms with Gasteiger partial charge in [0.1, 0.15) is 5.82 Å². The summed E-state index contributed by atoms with van der Waals surface area (Å²) >= 11 is 0. The number of hydrogen-bond donors (Lipinski definition) is 2. The molecule has 0 aliphatic carbocycles. The number of hydrogen-bond acceptors (Lipinski definition) is 7. The van der Waals surface area contributed by atoms with E-state index in [2.05, 4.69) is 20.2 Å². The fraction of sp³-hybridized carbons (Fsp3) is 0.227. The van der Waals surface area contributed by atoms with Gasteiger partial charge in [-0.2, -0.15) is 0 Å². The first-order valence-corrected chi connectivity index (χ1v) is 11.7. The number of anilines is 2. The Kier molecular flexibility index (Phi) is 6.33. The molecular weight excluding hydrogens is 430 g/mol. The zero-order valence-electron chi connectivity index (χ0n) is 17.3. The first-order valence-electron chi connectivity index (χ1n) is 10.1. The van der Waals surface area contributed by atoms with Gasteiger partial charge in [0.15, 0.2) is 15.7 Å². The van der Waals surface area contributed by atoms with Gasteiger partial charge in [0.05, 0.1) is 29.6 Å². The van der Waals surface area contributed by atoms with E-state index in [1.54, 1.807) is 60.7 Å². The number of ether oxygens (including phenoxy) is 1. The number of nitrogens with zero attached hydrogens (tertiary/aromatic N) is 3. The van der Waals surface area contributed by atoms with E-state index in [1.807, 2.05) is 0 Å². The Morgan fingerprint density at radius 1 is 1.03 bits per heavy atom. The molecule has 3 N–H and O–H groups in total. The minimum Gasteiger partial charge on any atom is -0.378 e. The third-order valence-electron chi connectivity index (χ3n) is 4.95. The average Bonchev–Trinajstić information content (AvgIpc) is 2.80. The average molecular weight is 454 g/mol. The second-order valence-electron chi connectivity index (χ2n) is 7.28. The Balaban J connectivity index is 1.70. The van der Waals surface area contributed by atoms with Crippen LogP contribution in [0.3, 0.4) is 0 Å². The van der Waals surface area contributed by atoms with Crippen LogP contribution in [-0.2, 0) is 20.3 Å². The summed E-state index contributed by atoms with van der Waals surface area (Å²) in [6.45, 7) is 2.46. The Morgan fingerprint density at radius 3 is 2.38 bits per heavy atom. The van der Waals surface area contributed by atoms with Crippen LogP contribution in [0.15, 0.2) is 65.6 Å². The first kappa shape index (κ1) is 21.7. The summed E-state index contributed by atoms with van der Waals surface area (Å²) in [7, 11) is -3.57. The van der Waals surface area contributed by atoms with Crippen LogP contribution < -0.4 is 16.0 Å². The fourth-order valence-electron chi connectivity index (χ4n) is 3.39. The van der Waals surface area contributed by atoms with Gasteiger partial charge in [0.2, 0.25) is 0 Å². The van der Waals surface area contributed by atoms with E-state index in [9.17, 15) is 13.2 Å². The Morgan fingerprint density at radius 2 is 1.72 bits per heavy atom. The van der Waals surface area contributed by atoms with Crippen molar-refractivity contribution in [2.24, 2.45) is 5.73 Å². The van der Waals surface area contributed by atoms with Gasteiger partial charge in [0.25, 0.3) is 0 Å². The normalized spacial score (nSPS) is 14.2. The van der Waals surface area contributed by atoms with Crippen molar-refractivity contribution in [3.05, 3.63) is 66.4 Å². The molecule has 9 nitrogen and oxygen atoms in total. The van der Waals surface area contributed by atoms with E-state index < -0.39 is 15.9 Å². The minimum atomic E-state index is -3.57. The maximum atomic E-state index is 12.9. The number of carbonyl (C=O) groups is 1. The minimum absolute atomic E-state index is 0.245. The Hall–Kier alpha value is -3.50. The summed E-state index contributed by atoms with van der Waals surface area (Å²) in [5.74, 6) is 0.805. The molecule has 10 heteroatoms. The van der Waals surface area contributed by atoms with E-state index in [1.165, 1.54) is 0 Å². The summed E-state index contributed by atoms with van der Waals surface area (Å²) < 4.78 is 31.3. The van der Waals surface area contributed by atoms with Gasteiger partial charge in [-0.15, -0.1) is 0 Å². The maximum absolute atomic E-state index is 12.9. The highest BCUT2D eigenvalue weighted by atomic mass is 32.2. The van der Waals surface area contributed by atoms with Gasteiger partial charge in [0, 0.05) is 30.4 Å². The largest absolute Gasteiger partial charge is 0.378 e. The Bertz CT molecular complexity index is 1190. The molecule has 32 heavy (non-hydrogen) atoms. The first-order chi connectivity index (χ1) is 15.4. The molecule has 166 valence electrons. The van der Waals surface area contributed by atoms with Crippen molar-refractivity contribution >= 4 is 27.4 Å². The molecule has 2 aromatic carbocycles. The smallest absolute Gasteiger partial charge is 0.316 e. The molecule has 0 bridgehead atoms. The number of carbonyl (C=O) groups excluding carboxylic acids is 1. The highest BCUT2D eigenvalue weighted by molar-refractivity contribution is 7.90. The van der Waals surface area contributed by atoms with Crippen molar-refractivity contribution in [1.29, 1.82) is 0 Å². The van der Waals surface area contributed by atoms with Crippen molar-refractivity contribution in [3.63, 3.8) is 0 Å². The van der Waals surface area contributed by atoms with Crippen LogP contribution in [-0.4, -0.2) is 50.7 Å². The number of benzene rings is 2. The van der Waals surface area contributed by atoms with Gasteiger partial charge in [-0.3, -0.25) is 0 Å². The number of morpholine rings is 1. The molecule has 0 atom stereocenters. The zero-order chi connectivity index (χ0) is 22.6. The molecule has 1 saturated heterocycles. The van der Waals surface area contributed by atoms with Crippen LogP contribution in [0, 0.1) is 0 Å². The van der Waals surface area contributed by atoms with E-state index in [4.69, 9.17) is 10.5 Å². The standard InChI is InChI=1S/C22H23N5O4S/c23-22(28)25-17-8-6-16(7-9-17)21-24-18(14-20(26-21)27-10-12-31-13-11-27)15-32(29,30)19-4-2-1-3-5-19/h1-9,14H,10-13,15H2,(H3,23,25,28). The van der Waals surface area contributed by atoms with Crippen LogP contribution in [0.4, 0.5) is 16.3 Å². The molecule has 2 amide bonds. The number of primary amides is 1. The molecule has 0 spiro atoms. The SMILES string of the molecule is NC(=O)Nc1ccc(-c2nc(CS(=O)(=O)c3ccccc3)cc(N3CCOCC3)n2)cc1. The van der Waals surface area contributed by atoms with Crippen LogP contribution in [0.2, 0.25) is 0 Å². The predicted octanol–water partition coefficient (Wildman–Crippen LogP) is 2.44. The van der Waals surface area contributed by atoms with Crippen molar-refractivity contribution < 1.29 is 17.9 Å². The van der Waals surface area contributed by atoms with Gasteiger partial charge in [-0.25, -0.2) is 23.2 Å². The molecule has 4 rings (SSSR count). The number of aromatic nitrogens is 2. The predicted molar refractivity (Wildman–Crippen MR) is 121 cm³/mol. The molecule has 1 aliphatic rings. The molecule has 1 fully saturated rings. The van der Waals surface area contributed by atoms with Gasteiger partial charge in [-0.05, 0) is 36.4 Å². The molecule has 2 heterocycles. The second kappa shape index (κ2) is 9.33. The quantitative estimate of drug-likeness (QED) is 0.587. The summed E-state index contributed by atoms with van der Waals surface area (Å²) in [6.07, 6.45) is 0. The number of amides is 2. The lowest BCUT2D eigenvalue weighted by atomic mass is 10.2. The number of nitrogens with one attached hydrogen (secondary N) is 1. The van der Waals surface area contributed by atoms with Gasteiger partial charge in [-0.1, -0.05) is 18.2 Å². The zero-order valence-corrected chi connectivity index (χ0v) is 18.1. The van der Waals surface area contributed by atoms with Crippen LogP contribution in [0.25, 0.3) is 11.4 Å². The molecule has 0 saturated carbocycles. The third-order valence-corrected chi connectivity index (χ3v) is 6.62. The lowest BCUT2D eigenvalue weighted by Gasteiger charge is -2.28. The van der Waals surface area contributed by atoms with E-state index in [0.29, 0.717) is 54.9 Å². The van der Waals surface area contributed by atoms with Gasteiger partial charge >= 0.3 is 6.03 Å². The topological polar surface area (TPSA) is 128 Å². The Labute approximate surface area is 186 Å². The van der Waals surface area contributed by atoms with Crippen LogP contribution >= 0.6 is 0 Å². The highest BCUT2D eigenvalue weighted by Crippen LogP contribution is 2.25. The third kappa shape index (κ3) is 5.21. The molecule has 0 radical (unpaired) electrons. The number of urea groups is 1. The van der Waals surface area contributed by atoms with Crippen LogP contribution in [0.5, 0.6) is 0 Å². The highest BCUT2D eigenvalue weighted by Gasteiger charge is 2.20. The fourth-order valence-corrected chi connectivity index (χ4v) is 4.67. The monoisotopic (exact) mass is 453 g/mol. The van der Waals surface area contributed by atoms with E-state index >= 15 is 0 Å². The number of rotatable bonds is 6. The molecule has 1 aliphatic heterocycles. The maximum Gasteiger partial charge on any atom is 0.316 e. The van der Waals surface area contributed by atoms with E-state index in [0.717, 1.165) is 0 Å². The van der Waals surface area contributed by atoms with Crippen molar-refractivity contribution in [2.75, 3.05) is 36.5 Å². The summed E-state index contributed by atoms with van der Waals surface area (Å²) in [5.41, 5.74) is 6.79. The van der Waals surface area contributed by atoms with Crippen LogP contribution in [0.1, 0.15) is 5.69 Å². The summed E-state index contributed by atoms with van der Waals surface area (Å²) in [6, 6.07) is 16.2. The molecule has 1 aromatic heterocycles. The molecular formula is C22H23N5O4S. The van der Waals surface area contributed by atoms with Crippen molar-refractivity contribution in [1.82, 2.24) is 9.97 Å². The molecule has 3 aromatic rings. The lowest BCUT2D eigenvalue weighted by Crippen LogP contribution is -2.37. The summed E-state index contributed by atoms with van der Waals surface area (Å²) in [5, 5.41) is 2.50. The van der Waals surface area contributed by atoms with Crippen molar-refractivity contribution in [3.8, 4) is 11.4 Å². The van der Waals surface area contributed by atoms with Crippen molar-refractivity contribution in [2.45, 2.75) is 10.6 Å². The lowest BCUT2D eigenvalue weighted by molar-refractivity contribution is 0.122. The second-order valence-corrected chi connectivity index (χ2v) is 9.27. The van der Waals surface area contributed by atoms with E-state index in [-0.39, 0.29) is 10.6 Å². The number of sulfone groups is 1. The molecule has 0 unspecified atom stereocenters. The summed E-state index contributed by atoms with van der Waals surface area (Å²) in [4.78, 5) is 22.6. The number of nitrogens with two attached hydrogens (primary N) is 1.